The molecule has 1 aromatic carbocycles. The zero-order valence-electron chi connectivity index (χ0n) is 9.14. The number of alkyl halides is 3. The van der Waals surface area contributed by atoms with Gasteiger partial charge in [0.1, 0.15) is 6.07 Å². The highest BCUT2D eigenvalue weighted by atomic mass is 19.4. The van der Waals surface area contributed by atoms with Crippen LogP contribution in [0, 0.1) is 17.1 Å². The molecule has 96 valence electrons. The Hall–Kier alpha value is -2.10. The number of nitriles is 1. The Bertz CT molecular complexity index is 517. The van der Waals surface area contributed by atoms with Crippen LogP contribution in [0.25, 0.3) is 0 Å². The summed E-state index contributed by atoms with van der Waals surface area (Å²) in [6.07, 6.45) is -4.99. The Morgan fingerprint density at radius 1 is 1.44 bits per heavy atom. The van der Waals surface area contributed by atoms with Crippen LogP contribution < -0.4 is 0 Å². The molecule has 0 N–H and O–H groups in total. The molecule has 3 nitrogen and oxygen atoms in total. The molecular weight excluding hydrogens is 254 g/mol. The second kappa shape index (κ2) is 5.04. The first kappa shape index (κ1) is 14.0. The third kappa shape index (κ3) is 2.77. The van der Waals surface area contributed by atoms with Gasteiger partial charge >= 0.3 is 12.1 Å². The zero-order chi connectivity index (χ0) is 13.9. The molecule has 18 heavy (non-hydrogen) atoms. The summed E-state index contributed by atoms with van der Waals surface area (Å²) in [6.45, 7) is 1.43. The van der Waals surface area contributed by atoms with E-state index in [9.17, 15) is 22.4 Å². The molecule has 1 rings (SSSR count). The molecule has 0 aliphatic rings. The van der Waals surface area contributed by atoms with Crippen LogP contribution in [-0.4, -0.2) is 12.6 Å². The van der Waals surface area contributed by atoms with Gasteiger partial charge in [-0.05, 0) is 19.1 Å². The fourth-order valence-corrected chi connectivity index (χ4v) is 1.24. The fourth-order valence-electron chi connectivity index (χ4n) is 1.24. The first-order valence-corrected chi connectivity index (χ1v) is 4.79. The van der Waals surface area contributed by atoms with E-state index in [4.69, 9.17) is 5.26 Å². The topological polar surface area (TPSA) is 50.1 Å². The Morgan fingerprint density at radius 3 is 2.50 bits per heavy atom. The Balaban J connectivity index is 3.41. The number of halogens is 4. The lowest BCUT2D eigenvalue weighted by molar-refractivity contribution is -0.140. The number of benzene rings is 1. The number of esters is 1. The van der Waals surface area contributed by atoms with Gasteiger partial charge in [-0.2, -0.15) is 18.4 Å². The van der Waals surface area contributed by atoms with Crippen LogP contribution in [0.15, 0.2) is 12.1 Å². The average Bonchev–Trinajstić information content (AvgIpc) is 2.28. The molecule has 0 aromatic heterocycles. The lowest BCUT2D eigenvalue weighted by Gasteiger charge is -2.10. The molecular formula is C11H7F4NO2. The van der Waals surface area contributed by atoms with Crippen molar-refractivity contribution >= 4 is 5.97 Å². The molecule has 7 heteroatoms. The highest BCUT2D eigenvalue weighted by Gasteiger charge is 2.36. The Kier molecular flexibility index (Phi) is 3.91. The van der Waals surface area contributed by atoms with Crippen molar-refractivity contribution in [3.05, 3.63) is 34.6 Å². The number of hydrogen-bond acceptors (Lipinski definition) is 3. The van der Waals surface area contributed by atoms with Crippen LogP contribution in [0.5, 0.6) is 0 Å². The molecule has 0 fully saturated rings. The van der Waals surface area contributed by atoms with Gasteiger partial charge in [-0.25, -0.2) is 9.18 Å². The van der Waals surface area contributed by atoms with E-state index in [0.29, 0.717) is 6.07 Å². The zero-order valence-corrected chi connectivity index (χ0v) is 9.14. The van der Waals surface area contributed by atoms with Crippen LogP contribution in [0.4, 0.5) is 17.6 Å². The van der Waals surface area contributed by atoms with Gasteiger partial charge in [-0.3, -0.25) is 0 Å². The van der Waals surface area contributed by atoms with Gasteiger partial charge in [0.25, 0.3) is 0 Å². The van der Waals surface area contributed by atoms with Gasteiger partial charge in [0.2, 0.25) is 0 Å². The molecule has 0 saturated carbocycles. The minimum atomic E-state index is -4.99. The van der Waals surface area contributed by atoms with Crippen molar-refractivity contribution in [2.24, 2.45) is 0 Å². The van der Waals surface area contributed by atoms with Crippen LogP contribution >= 0.6 is 0 Å². The summed E-state index contributed by atoms with van der Waals surface area (Å²) in [6, 6.07) is 2.31. The van der Waals surface area contributed by atoms with Gasteiger partial charge in [0.15, 0.2) is 5.82 Å². The SMILES string of the molecule is CCOC(=O)c1cc(C#N)c(F)c(C(F)(F)F)c1. The fraction of sp³-hybridized carbons (Fsp3) is 0.273. The molecule has 0 amide bonds. The third-order valence-electron chi connectivity index (χ3n) is 2.01. The van der Waals surface area contributed by atoms with E-state index in [0.717, 1.165) is 6.07 Å². The molecule has 0 bridgehead atoms. The lowest BCUT2D eigenvalue weighted by Crippen LogP contribution is -2.13. The summed E-state index contributed by atoms with van der Waals surface area (Å²) >= 11 is 0. The second-order valence-electron chi connectivity index (χ2n) is 3.22. The molecule has 0 spiro atoms. The lowest BCUT2D eigenvalue weighted by atomic mass is 10.0. The van der Waals surface area contributed by atoms with E-state index in [1.807, 2.05) is 0 Å². The second-order valence-corrected chi connectivity index (χ2v) is 3.22. The van der Waals surface area contributed by atoms with Crippen molar-refractivity contribution in [3.63, 3.8) is 0 Å². The van der Waals surface area contributed by atoms with Gasteiger partial charge in [-0.1, -0.05) is 0 Å². The van der Waals surface area contributed by atoms with Crippen molar-refractivity contribution in [2.75, 3.05) is 6.61 Å². The minimum Gasteiger partial charge on any atom is -0.462 e. The van der Waals surface area contributed by atoms with E-state index < -0.39 is 34.7 Å². The summed E-state index contributed by atoms with van der Waals surface area (Å²) in [5.41, 5.74) is -3.03. The predicted molar refractivity (Wildman–Crippen MR) is 52.1 cm³/mol. The number of rotatable bonds is 2. The van der Waals surface area contributed by atoms with Crippen LogP contribution in [-0.2, 0) is 10.9 Å². The maximum atomic E-state index is 13.3. The molecule has 0 aliphatic heterocycles. The van der Waals surface area contributed by atoms with Crippen molar-refractivity contribution in [1.82, 2.24) is 0 Å². The van der Waals surface area contributed by atoms with Crippen molar-refractivity contribution in [1.29, 1.82) is 5.26 Å². The quantitative estimate of drug-likeness (QED) is 0.607. The van der Waals surface area contributed by atoms with Gasteiger partial charge in [0.05, 0.1) is 23.3 Å². The molecule has 0 aliphatic carbocycles. The Labute approximate surface area is 99.6 Å². The number of hydrogen-bond donors (Lipinski definition) is 0. The van der Waals surface area contributed by atoms with E-state index in [1.54, 1.807) is 0 Å². The molecule has 0 heterocycles. The maximum absolute atomic E-state index is 13.3. The van der Waals surface area contributed by atoms with Crippen LogP contribution in [0.3, 0.4) is 0 Å². The average molecular weight is 261 g/mol. The smallest absolute Gasteiger partial charge is 0.419 e. The van der Waals surface area contributed by atoms with Gasteiger partial charge < -0.3 is 4.74 Å². The molecule has 0 atom stereocenters. The first-order chi connectivity index (χ1) is 8.31. The van der Waals surface area contributed by atoms with Crippen molar-refractivity contribution in [2.45, 2.75) is 13.1 Å². The Morgan fingerprint density at radius 2 is 2.06 bits per heavy atom. The standard InChI is InChI=1S/C11H7F4NO2/c1-2-18-10(17)6-3-7(5-16)9(12)8(4-6)11(13,14)15/h3-4H,2H2,1H3. The number of ether oxygens (including phenoxy) is 1. The first-order valence-electron chi connectivity index (χ1n) is 4.79. The summed E-state index contributed by atoms with van der Waals surface area (Å²) in [4.78, 5) is 11.3. The normalized spacial score (nSPS) is 10.9. The minimum absolute atomic E-state index is 0.0422. The summed E-state index contributed by atoms with van der Waals surface area (Å²) < 4.78 is 55.3. The predicted octanol–water partition coefficient (Wildman–Crippen LogP) is 2.89. The monoisotopic (exact) mass is 261 g/mol. The van der Waals surface area contributed by atoms with E-state index in [-0.39, 0.29) is 6.61 Å². The van der Waals surface area contributed by atoms with E-state index in [2.05, 4.69) is 4.74 Å². The summed E-state index contributed by atoms with van der Waals surface area (Å²) in [5, 5.41) is 8.54. The largest absolute Gasteiger partial charge is 0.462 e. The highest BCUT2D eigenvalue weighted by molar-refractivity contribution is 5.90. The van der Waals surface area contributed by atoms with Crippen LogP contribution in [0.1, 0.15) is 28.4 Å². The number of nitrogens with zero attached hydrogens (tertiary/aromatic N) is 1. The van der Waals surface area contributed by atoms with E-state index in [1.165, 1.54) is 13.0 Å². The highest BCUT2D eigenvalue weighted by Crippen LogP contribution is 2.33. The van der Waals surface area contributed by atoms with Crippen molar-refractivity contribution < 1.29 is 27.1 Å². The third-order valence-corrected chi connectivity index (χ3v) is 2.01. The molecule has 0 saturated heterocycles. The summed E-state index contributed by atoms with van der Waals surface area (Å²) in [7, 11) is 0. The molecule has 1 aromatic rings. The molecule has 0 radical (unpaired) electrons. The van der Waals surface area contributed by atoms with Gasteiger partial charge in [-0.15, -0.1) is 0 Å². The van der Waals surface area contributed by atoms with Crippen LogP contribution in [0.2, 0.25) is 0 Å². The van der Waals surface area contributed by atoms with E-state index >= 15 is 0 Å². The maximum Gasteiger partial charge on any atom is 0.419 e. The number of carbonyl (C=O) groups is 1. The molecule has 0 unspecified atom stereocenters. The van der Waals surface area contributed by atoms with Gasteiger partial charge in [0, 0.05) is 0 Å². The number of carbonyl (C=O) groups excluding carboxylic acids is 1. The summed E-state index contributed by atoms with van der Waals surface area (Å²) in [5.74, 6) is -2.74. The van der Waals surface area contributed by atoms with Crippen molar-refractivity contribution in [3.8, 4) is 6.07 Å².